The lowest BCUT2D eigenvalue weighted by atomic mass is 9.89. The number of carbonyl (C=O) groups excluding carboxylic acids is 2. The maximum atomic E-state index is 13.1. The first-order chi connectivity index (χ1) is 15.6. The fourth-order valence-corrected chi connectivity index (χ4v) is 3.93. The monoisotopic (exact) mass is 439 g/mol. The van der Waals surface area contributed by atoms with Gasteiger partial charge in [0.2, 0.25) is 0 Å². The Morgan fingerprint density at radius 2 is 1.52 bits per heavy atom. The van der Waals surface area contributed by atoms with Gasteiger partial charge in [0.1, 0.15) is 11.5 Å². The van der Waals surface area contributed by atoms with Crippen molar-refractivity contribution in [2.75, 3.05) is 19.0 Å². The topological polar surface area (TPSA) is 46.6 Å². The first kappa shape index (κ1) is 22.5. The Bertz CT molecular complexity index is 1240. The van der Waals surface area contributed by atoms with Crippen LogP contribution in [0.25, 0.3) is 6.08 Å². The van der Waals surface area contributed by atoms with Crippen LogP contribution in [0.1, 0.15) is 52.6 Å². The van der Waals surface area contributed by atoms with Crippen LogP contribution in [0.2, 0.25) is 0 Å². The third-order valence-electron chi connectivity index (χ3n) is 5.91. The van der Waals surface area contributed by atoms with Crippen LogP contribution in [0, 0.1) is 12.3 Å². The minimum absolute atomic E-state index is 0.207. The molecule has 168 valence electrons. The van der Waals surface area contributed by atoms with Crippen molar-refractivity contribution in [1.82, 2.24) is 0 Å². The molecular weight excluding hydrogens is 410 g/mol. The summed E-state index contributed by atoms with van der Waals surface area (Å²) in [6.07, 6.45) is 7.51. The van der Waals surface area contributed by atoms with Gasteiger partial charge < -0.3 is 9.64 Å². The van der Waals surface area contributed by atoms with Gasteiger partial charge in [0.05, 0.1) is 5.57 Å². The molecule has 0 bridgehead atoms. The average molecular weight is 440 g/mol. The lowest BCUT2D eigenvalue weighted by Crippen LogP contribution is -2.16. The maximum Gasteiger partial charge on any atom is 0.198 e. The number of ether oxygens (including phenoxy) is 1. The molecule has 0 amide bonds. The molecule has 0 unspecified atom stereocenters. The summed E-state index contributed by atoms with van der Waals surface area (Å²) in [6, 6.07) is 13.3. The maximum absolute atomic E-state index is 13.1. The summed E-state index contributed by atoms with van der Waals surface area (Å²) in [4.78, 5) is 28.2. The van der Waals surface area contributed by atoms with E-state index in [0.29, 0.717) is 28.2 Å². The Hall–Kier alpha value is -3.66. The van der Waals surface area contributed by atoms with E-state index >= 15 is 0 Å². The number of benzene rings is 2. The van der Waals surface area contributed by atoms with Crippen LogP contribution in [-0.2, 0) is 4.74 Å². The second-order valence-corrected chi connectivity index (χ2v) is 9.71. The third kappa shape index (κ3) is 4.34. The molecule has 0 fully saturated rings. The standard InChI is InChI=1S/C29H29NO3/c1-18-15-21(30(5)6)13-11-19(18)12-14-22-16-20(17-25(33-22)29(2,3)4)26-27(31)23-9-7-8-10-24(23)28(26)32/h7-17H,1-6H3. The molecule has 1 heterocycles. The number of hydrogen-bond donors (Lipinski definition) is 0. The van der Waals surface area contributed by atoms with Crippen molar-refractivity contribution < 1.29 is 14.3 Å². The lowest BCUT2D eigenvalue weighted by Gasteiger charge is -2.27. The number of fused-ring (bicyclic) bond motifs is 1. The van der Waals surface area contributed by atoms with E-state index in [1.165, 1.54) is 0 Å². The molecule has 0 radical (unpaired) electrons. The SMILES string of the molecule is Cc1cc(N(C)C)ccc1C=CC1=CC(=C2C(=O)c3ccccc3C2=O)C=C(C(C)(C)C)O1. The van der Waals surface area contributed by atoms with Crippen molar-refractivity contribution in [3.05, 3.63) is 106 Å². The molecule has 4 heteroatoms. The Morgan fingerprint density at radius 3 is 2.06 bits per heavy atom. The molecular formula is C29H29NO3. The van der Waals surface area contributed by atoms with Gasteiger partial charge in [-0.05, 0) is 54.0 Å². The molecule has 4 rings (SSSR count). The summed E-state index contributed by atoms with van der Waals surface area (Å²) >= 11 is 0. The van der Waals surface area contributed by atoms with Crippen molar-refractivity contribution in [1.29, 1.82) is 0 Å². The summed E-state index contributed by atoms with van der Waals surface area (Å²) in [7, 11) is 4.04. The molecule has 0 saturated carbocycles. The molecule has 0 atom stereocenters. The van der Waals surface area contributed by atoms with Gasteiger partial charge in [-0.25, -0.2) is 0 Å². The molecule has 2 aliphatic rings. The molecule has 0 aromatic heterocycles. The molecule has 0 saturated heterocycles. The third-order valence-corrected chi connectivity index (χ3v) is 5.91. The zero-order valence-electron chi connectivity index (χ0n) is 20.0. The minimum atomic E-state index is -0.292. The van der Waals surface area contributed by atoms with Crippen LogP contribution in [-0.4, -0.2) is 25.7 Å². The van der Waals surface area contributed by atoms with Gasteiger partial charge in [0, 0.05) is 36.3 Å². The Kier molecular flexibility index (Phi) is 5.71. The Morgan fingerprint density at radius 1 is 0.879 bits per heavy atom. The molecule has 1 aliphatic heterocycles. The Labute approximate surface area is 195 Å². The number of ketones is 2. The molecule has 0 N–H and O–H groups in total. The van der Waals surface area contributed by atoms with Crippen LogP contribution in [0.15, 0.2) is 83.4 Å². The predicted molar refractivity (Wildman–Crippen MR) is 133 cm³/mol. The largest absolute Gasteiger partial charge is 0.461 e. The quantitative estimate of drug-likeness (QED) is 0.416. The normalized spacial score (nSPS) is 16.1. The first-order valence-electron chi connectivity index (χ1n) is 11.1. The van der Waals surface area contributed by atoms with Crippen LogP contribution < -0.4 is 4.90 Å². The van der Waals surface area contributed by atoms with Gasteiger partial charge in [-0.3, -0.25) is 9.59 Å². The van der Waals surface area contributed by atoms with E-state index in [-0.39, 0.29) is 22.6 Å². The number of hydrogen-bond acceptors (Lipinski definition) is 4. The summed E-state index contributed by atoms with van der Waals surface area (Å²) in [5.41, 5.74) is 4.80. The van der Waals surface area contributed by atoms with Gasteiger partial charge >= 0.3 is 0 Å². The van der Waals surface area contributed by atoms with E-state index in [0.717, 1.165) is 16.8 Å². The number of allylic oxidation sites excluding steroid dienone is 6. The highest BCUT2D eigenvalue weighted by molar-refractivity contribution is 6.40. The van der Waals surface area contributed by atoms with E-state index in [1.54, 1.807) is 30.3 Å². The number of nitrogens with zero attached hydrogens (tertiary/aromatic N) is 1. The van der Waals surface area contributed by atoms with Crippen molar-refractivity contribution in [2.24, 2.45) is 5.41 Å². The Balaban J connectivity index is 1.76. The predicted octanol–water partition coefficient (Wildman–Crippen LogP) is 6.29. The average Bonchev–Trinajstić information content (AvgIpc) is 3.02. The highest BCUT2D eigenvalue weighted by atomic mass is 16.5. The molecule has 33 heavy (non-hydrogen) atoms. The number of Topliss-reactive ketones (excluding diaryl/α,β-unsaturated/α-hetero) is 2. The highest BCUT2D eigenvalue weighted by Gasteiger charge is 2.36. The number of aryl methyl sites for hydroxylation is 1. The summed E-state index contributed by atoms with van der Waals surface area (Å²) in [6.45, 7) is 8.21. The first-order valence-corrected chi connectivity index (χ1v) is 11.1. The van der Waals surface area contributed by atoms with Crippen molar-refractivity contribution in [3.8, 4) is 0 Å². The van der Waals surface area contributed by atoms with Crippen molar-refractivity contribution in [3.63, 3.8) is 0 Å². The van der Waals surface area contributed by atoms with Crippen molar-refractivity contribution >= 4 is 23.3 Å². The lowest BCUT2D eigenvalue weighted by molar-refractivity contribution is 0.0987. The highest BCUT2D eigenvalue weighted by Crippen LogP contribution is 2.37. The number of carbonyl (C=O) groups is 2. The molecule has 2 aromatic rings. The fourth-order valence-electron chi connectivity index (χ4n) is 3.93. The second-order valence-electron chi connectivity index (χ2n) is 9.71. The molecule has 1 aliphatic carbocycles. The van der Waals surface area contributed by atoms with E-state index in [2.05, 4.69) is 30.0 Å². The van der Waals surface area contributed by atoms with Crippen LogP contribution in [0.5, 0.6) is 0 Å². The van der Waals surface area contributed by atoms with Crippen LogP contribution in [0.4, 0.5) is 5.69 Å². The van der Waals surface area contributed by atoms with Gasteiger partial charge in [-0.1, -0.05) is 57.2 Å². The molecule has 2 aromatic carbocycles. The zero-order chi connectivity index (χ0) is 23.9. The number of anilines is 1. The van der Waals surface area contributed by atoms with Gasteiger partial charge in [0.15, 0.2) is 11.6 Å². The van der Waals surface area contributed by atoms with Gasteiger partial charge in [-0.15, -0.1) is 0 Å². The fraction of sp³-hybridized carbons (Fsp3) is 0.241. The number of rotatable bonds is 3. The van der Waals surface area contributed by atoms with Gasteiger partial charge in [-0.2, -0.15) is 0 Å². The van der Waals surface area contributed by atoms with Crippen molar-refractivity contribution in [2.45, 2.75) is 27.7 Å². The van der Waals surface area contributed by atoms with E-state index in [1.807, 2.05) is 53.1 Å². The molecule has 4 nitrogen and oxygen atoms in total. The van der Waals surface area contributed by atoms with Crippen LogP contribution >= 0.6 is 0 Å². The van der Waals surface area contributed by atoms with E-state index in [9.17, 15) is 9.59 Å². The second kappa shape index (κ2) is 8.36. The molecule has 0 spiro atoms. The van der Waals surface area contributed by atoms with E-state index < -0.39 is 0 Å². The minimum Gasteiger partial charge on any atom is -0.461 e. The summed E-state index contributed by atoms with van der Waals surface area (Å²) in [5.74, 6) is 0.847. The van der Waals surface area contributed by atoms with Crippen LogP contribution in [0.3, 0.4) is 0 Å². The smallest absolute Gasteiger partial charge is 0.198 e. The summed E-state index contributed by atoms with van der Waals surface area (Å²) in [5, 5.41) is 0. The van der Waals surface area contributed by atoms with Gasteiger partial charge in [0.25, 0.3) is 0 Å². The van der Waals surface area contributed by atoms with E-state index in [4.69, 9.17) is 4.74 Å². The zero-order valence-corrected chi connectivity index (χ0v) is 20.0. The summed E-state index contributed by atoms with van der Waals surface area (Å²) < 4.78 is 6.18.